The zero-order valence-electron chi connectivity index (χ0n) is 19.0. The van der Waals surface area contributed by atoms with Crippen molar-refractivity contribution in [2.45, 2.75) is 13.1 Å². The van der Waals surface area contributed by atoms with Crippen LogP contribution in [0.5, 0.6) is 5.75 Å². The summed E-state index contributed by atoms with van der Waals surface area (Å²) < 4.78 is 10.8. The van der Waals surface area contributed by atoms with Gasteiger partial charge in [-0.3, -0.25) is 0 Å². The topological polar surface area (TPSA) is 35.5 Å². The van der Waals surface area contributed by atoms with Gasteiger partial charge in [-0.1, -0.05) is 60.7 Å². The third-order valence-corrected chi connectivity index (χ3v) is 10.2. The number of hydrogen-bond donors (Lipinski definition) is 0. The van der Waals surface area contributed by atoms with E-state index in [1.807, 2.05) is 18.2 Å². The van der Waals surface area contributed by atoms with Gasteiger partial charge in [-0.05, 0) is 61.0 Å². The number of hydrogen-bond acceptors (Lipinski definition) is 3. The molecule has 33 heavy (non-hydrogen) atoms. The van der Waals surface area contributed by atoms with Gasteiger partial charge in [-0.2, -0.15) is 0 Å². The van der Waals surface area contributed by atoms with Crippen LogP contribution in [0, 0.1) is 0 Å². The van der Waals surface area contributed by atoms with Crippen LogP contribution < -0.4 is 20.7 Å². The lowest BCUT2D eigenvalue weighted by atomic mass is 10.1. The Morgan fingerprint density at radius 3 is 1.64 bits per heavy atom. The molecule has 0 aliphatic carbocycles. The maximum Gasteiger partial charge on any atom is 0.341 e. The molecule has 0 bridgehead atoms. The summed E-state index contributed by atoms with van der Waals surface area (Å²) in [4.78, 5) is 12.4. The predicted molar refractivity (Wildman–Crippen MR) is 138 cm³/mol. The van der Waals surface area contributed by atoms with Gasteiger partial charge in [0, 0.05) is 0 Å². The molecule has 0 N–H and O–H groups in total. The Labute approximate surface area is 196 Å². The second kappa shape index (κ2) is 10.5. The van der Waals surface area contributed by atoms with E-state index in [-0.39, 0.29) is 5.97 Å². The Hall–Kier alpha value is -3.42. The summed E-state index contributed by atoms with van der Waals surface area (Å²) in [5.41, 5.74) is 1.57. The van der Waals surface area contributed by atoms with E-state index < -0.39 is 7.26 Å². The number of benzene rings is 4. The van der Waals surface area contributed by atoms with E-state index in [1.54, 1.807) is 14.0 Å². The SMILES string of the molecule is CCOC(=O)c1ccc(C[P+](c2ccccc2)(c2ccccc2)c2ccccc2)cc1OC. The van der Waals surface area contributed by atoms with Crippen LogP contribution in [-0.2, 0) is 10.9 Å². The summed E-state index contributed by atoms with van der Waals surface area (Å²) >= 11 is 0. The smallest absolute Gasteiger partial charge is 0.341 e. The van der Waals surface area contributed by atoms with Crippen LogP contribution >= 0.6 is 7.26 Å². The molecule has 0 saturated heterocycles. The van der Waals surface area contributed by atoms with Crippen LogP contribution in [0.15, 0.2) is 109 Å². The lowest BCUT2D eigenvalue weighted by Gasteiger charge is -2.28. The van der Waals surface area contributed by atoms with E-state index in [0.29, 0.717) is 17.9 Å². The fourth-order valence-corrected chi connectivity index (χ4v) is 8.48. The number of rotatable bonds is 8. The van der Waals surface area contributed by atoms with Gasteiger partial charge in [0.25, 0.3) is 0 Å². The van der Waals surface area contributed by atoms with E-state index in [1.165, 1.54) is 15.9 Å². The zero-order valence-corrected chi connectivity index (χ0v) is 19.9. The molecule has 4 aromatic rings. The Balaban J connectivity index is 1.90. The van der Waals surface area contributed by atoms with Gasteiger partial charge in [0.15, 0.2) is 0 Å². The molecule has 0 spiro atoms. The average Bonchev–Trinajstić information content (AvgIpc) is 2.89. The van der Waals surface area contributed by atoms with Crippen LogP contribution in [0.1, 0.15) is 22.8 Å². The second-order valence-electron chi connectivity index (χ2n) is 7.73. The van der Waals surface area contributed by atoms with E-state index in [2.05, 4.69) is 91.0 Å². The highest BCUT2D eigenvalue weighted by atomic mass is 31.2. The Bertz CT molecular complexity index is 1090. The van der Waals surface area contributed by atoms with Crippen molar-refractivity contribution in [3.8, 4) is 5.75 Å². The molecule has 0 unspecified atom stereocenters. The van der Waals surface area contributed by atoms with Crippen LogP contribution in [0.25, 0.3) is 0 Å². The van der Waals surface area contributed by atoms with Crippen molar-refractivity contribution in [3.05, 3.63) is 120 Å². The molecule has 0 heterocycles. The summed E-state index contributed by atoms with van der Waals surface area (Å²) in [5, 5.41) is 3.95. The van der Waals surface area contributed by atoms with Gasteiger partial charge in [0.2, 0.25) is 0 Å². The highest BCUT2D eigenvalue weighted by Gasteiger charge is 2.45. The molecule has 0 saturated carbocycles. The van der Waals surface area contributed by atoms with Gasteiger partial charge < -0.3 is 9.47 Å². The molecule has 0 fully saturated rings. The monoisotopic (exact) mass is 455 g/mol. The Kier molecular flexibility index (Phi) is 7.22. The first kappa shape index (κ1) is 22.8. The van der Waals surface area contributed by atoms with Crippen molar-refractivity contribution in [2.75, 3.05) is 13.7 Å². The maximum absolute atomic E-state index is 12.4. The molecule has 0 aromatic heterocycles. The van der Waals surface area contributed by atoms with Crippen LogP contribution in [0.2, 0.25) is 0 Å². The third-order valence-electron chi connectivity index (χ3n) is 5.77. The molecule has 3 nitrogen and oxygen atoms in total. The Morgan fingerprint density at radius 2 is 1.21 bits per heavy atom. The van der Waals surface area contributed by atoms with Gasteiger partial charge in [0.05, 0.1) is 19.9 Å². The third kappa shape index (κ3) is 4.69. The van der Waals surface area contributed by atoms with Crippen molar-refractivity contribution >= 4 is 29.1 Å². The van der Waals surface area contributed by atoms with E-state index >= 15 is 0 Å². The minimum atomic E-state index is -2.03. The van der Waals surface area contributed by atoms with Gasteiger partial charge in [0.1, 0.15) is 34.5 Å². The summed E-state index contributed by atoms with van der Waals surface area (Å²) in [6.07, 6.45) is 0.810. The molecule has 0 radical (unpaired) electrons. The number of carbonyl (C=O) groups is 1. The van der Waals surface area contributed by atoms with Gasteiger partial charge in [-0.15, -0.1) is 0 Å². The molecule has 166 valence electrons. The lowest BCUT2D eigenvalue weighted by Crippen LogP contribution is -2.32. The molecule has 0 atom stereocenters. The first-order chi connectivity index (χ1) is 16.2. The molecule has 0 aliphatic rings. The fraction of sp³-hybridized carbons (Fsp3) is 0.138. The average molecular weight is 456 g/mol. The molecule has 4 rings (SSSR count). The molecule has 0 amide bonds. The minimum Gasteiger partial charge on any atom is -0.496 e. The summed E-state index contributed by atoms with van der Waals surface area (Å²) in [7, 11) is -0.436. The normalized spacial score (nSPS) is 11.1. The van der Waals surface area contributed by atoms with Crippen molar-refractivity contribution in [1.82, 2.24) is 0 Å². The summed E-state index contributed by atoms with van der Waals surface area (Å²) in [6, 6.07) is 38.1. The number of methoxy groups -OCH3 is 1. The molecule has 0 aliphatic heterocycles. The van der Waals surface area contributed by atoms with E-state index in [4.69, 9.17) is 9.47 Å². The zero-order chi connectivity index (χ0) is 23.1. The molecular formula is C29H28O3P+. The number of ether oxygens (including phenoxy) is 2. The van der Waals surface area contributed by atoms with E-state index in [0.717, 1.165) is 11.7 Å². The van der Waals surface area contributed by atoms with Crippen LogP contribution in [0.4, 0.5) is 0 Å². The minimum absolute atomic E-state index is 0.328. The molecule has 4 heteroatoms. The lowest BCUT2D eigenvalue weighted by molar-refractivity contribution is 0.0522. The summed E-state index contributed by atoms with van der Waals surface area (Å²) in [6.45, 7) is 2.13. The van der Waals surface area contributed by atoms with Crippen molar-refractivity contribution in [1.29, 1.82) is 0 Å². The fourth-order valence-electron chi connectivity index (χ4n) is 4.25. The standard InChI is InChI=1S/C29H28O3P/c1-3-32-29(30)27-20-19-23(21-28(27)31-2)22-33(24-13-7-4-8-14-24,25-15-9-5-10-16-25)26-17-11-6-12-18-26/h4-21H,3,22H2,1-2H3/q+1. The Morgan fingerprint density at radius 1 is 0.727 bits per heavy atom. The second-order valence-corrected chi connectivity index (χ2v) is 11.2. The van der Waals surface area contributed by atoms with Crippen molar-refractivity contribution in [2.24, 2.45) is 0 Å². The molecular weight excluding hydrogens is 427 g/mol. The van der Waals surface area contributed by atoms with Gasteiger partial charge in [-0.25, -0.2) is 4.79 Å². The maximum atomic E-state index is 12.4. The first-order valence-electron chi connectivity index (χ1n) is 11.1. The number of carbonyl (C=O) groups excluding carboxylic acids is 1. The highest BCUT2D eigenvalue weighted by Crippen LogP contribution is 2.58. The van der Waals surface area contributed by atoms with Crippen molar-refractivity contribution in [3.63, 3.8) is 0 Å². The molecule has 4 aromatic carbocycles. The van der Waals surface area contributed by atoms with Crippen molar-refractivity contribution < 1.29 is 14.3 Å². The quantitative estimate of drug-likeness (QED) is 0.265. The summed E-state index contributed by atoms with van der Waals surface area (Å²) in [5.74, 6) is 0.175. The largest absolute Gasteiger partial charge is 0.496 e. The number of esters is 1. The highest BCUT2D eigenvalue weighted by molar-refractivity contribution is 7.95. The van der Waals surface area contributed by atoms with Crippen LogP contribution in [0.3, 0.4) is 0 Å². The van der Waals surface area contributed by atoms with Crippen LogP contribution in [-0.4, -0.2) is 19.7 Å². The first-order valence-corrected chi connectivity index (χ1v) is 13.1. The van der Waals surface area contributed by atoms with Gasteiger partial charge >= 0.3 is 5.97 Å². The predicted octanol–water partition coefficient (Wildman–Crippen LogP) is 5.37. The van der Waals surface area contributed by atoms with E-state index in [9.17, 15) is 4.79 Å².